The van der Waals surface area contributed by atoms with Gasteiger partial charge in [-0.1, -0.05) is 11.3 Å². The second kappa shape index (κ2) is 5.72. The summed E-state index contributed by atoms with van der Waals surface area (Å²) < 4.78 is 1.71. The monoisotopic (exact) mass is 291 g/mol. The molecule has 0 aromatic carbocycles. The van der Waals surface area contributed by atoms with E-state index in [0.29, 0.717) is 12.2 Å². The van der Waals surface area contributed by atoms with Crippen molar-refractivity contribution in [2.75, 3.05) is 20.1 Å². The van der Waals surface area contributed by atoms with Gasteiger partial charge in [0.2, 0.25) is 0 Å². The van der Waals surface area contributed by atoms with E-state index in [1.807, 2.05) is 24.6 Å². The Morgan fingerprint density at radius 3 is 3.25 bits per heavy atom. The summed E-state index contributed by atoms with van der Waals surface area (Å²) in [5, 5.41) is 13.3. The zero-order valence-electron chi connectivity index (χ0n) is 11.3. The third-order valence-corrected chi connectivity index (χ3v) is 4.42. The molecule has 1 atom stereocenters. The minimum absolute atomic E-state index is 0.0591. The fourth-order valence-electron chi connectivity index (χ4n) is 2.35. The van der Waals surface area contributed by atoms with Gasteiger partial charge in [-0.15, -0.1) is 16.4 Å². The number of amides is 1. The Kier molecular flexibility index (Phi) is 3.79. The fraction of sp³-hybridized carbons (Fsp3) is 0.462. The lowest BCUT2D eigenvalue weighted by molar-refractivity contribution is 0.0737. The normalized spacial score (nSPS) is 18.4. The lowest BCUT2D eigenvalue weighted by Gasteiger charge is -2.22. The molecule has 1 N–H and O–H groups in total. The number of aromatic nitrogens is 3. The van der Waals surface area contributed by atoms with Gasteiger partial charge < -0.3 is 10.2 Å². The Hall–Kier alpha value is -1.73. The zero-order valence-corrected chi connectivity index (χ0v) is 12.1. The van der Waals surface area contributed by atoms with E-state index in [2.05, 4.69) is 15.6 Å². The number of carbonyl (C=O) groups excluding carboxylic acids is 1. The van der Waals surface area contributed by atoms with Gasteiger partial charge in [-0.3, -0.25) is 4.79 Å². The predicted molar refractivity (Wildman–Crippen MR) is 76.8 cm³/mol. The van der Waals surface area contributed by atoms with Crippen LogP contribution in [0, 0.1) is 0 Å². The van der Waals surface area contributed by atoms with Crippen molar-refractivity contribution >= 4 is 17.2 Å². The average molecular weight is 291 g/mol. The van der Waals surface area contributed by atoms with Crippen LogP contribution in [0.25, 0.3) is 0 Å². The molecule has 1 amide bonds. The largest absolute Gasteiger partial charge is 0.336 e. The lowest BCUT2D eigenvalue weighted by Crippen LogP contribution is -2.38. The van der Waals surface area contributed by atoms with Crippen LogP contribution in [-0.4, -0.2) is 52.0 Å². The van der Waals surface area contributed by atoms with E-state index in [1.165, 1.54) is 4.88 Å². The Morgan fingerprint density at radius 2 is 2.55 bits per heavy atom. The highest BCUT2D eigenvalue weighted by Crippen LogP contribution is 2.12. The topological polar surface area (TPSA) is 63.1 Å². The molecule has 0 saturated carbocycles. The van der Waals surface area contributed by atoms with Crippen LogP contribution < -0.4 is 5.32 Å². The number of rotatable bonds is 4. The molecule has 0 bridgehead atoms. The minimum atomic E-state index is -0.0591. The molecule has 3 heterocycles. The number of carbonyl (C=O) groups is 1. The van der Waals surface area contributed by atoms with Crippen LogP contribution in [0.5, 0.6) is 0 Å². The van der Waals surface area contributed by atoms with E-state index in [9.17, 15) is 4.79 Å². The van der Waals surface area contributed by atoms with E-state index in [4.69, 9.17) is 0 Å². The summed E-state index contributed by atoms with van der Waals surface area (Å²) in [5.74, 6) is -0.0591. The fourth-order valence-corrected chi connectivity index (χ4v) is 3.05. The van der Waals surface area contributed by atoms with Crippen molar-refractivity contribution < 1.29 is 4.79 Å². The summed E-state index contributed by atoms with van der Waals surface area (Å²) >= 11 is 1.67. The number of hydrogen-bond acceptors (Lipinski definition) is 5. The van der Waals surface area contributed by atoms with Crippen molar-refractivity contribution in [1.82, 2.24) is 25.2 Å². The van der Waals surface area contributed by atoms with E-state index in [-0.39, 0.29) is 11.9 Å². The molecule has 1 saturated heterocycles. The summed E-state index contributed by atoms with van der Waals surface area (Å²) in [7, 11) is 1.83. The van der Waals surface area contributed by atoms with Crippen LogP contribution in [0.15, 0.2) is 23.7 Å². The first-order valence-electron chi connectivity index (χ1n) is 6.64. The molecule has 1 fully saturated rings. The standard InChI is InChI=1S/C13H17N5OS/c1-17(10-4-5-14-7-10)13(19)12-9-18(16-15-12)8-11-3-2-6-20-11/h2-3,6,9-10,14H,4-5,7-8H2,1H3. The van der Waals surface area contributed by atoms with Gasteiger partial charge in [0.1, 0.15) is 0 Å². The Balaban J connectivity index is 1.67. The van der Waals surface area contributed by atoms with Gasteiger partial charge in [0.15, 0.2) is 5.69 Å². The highest BCUT2D eigenvalue weighted by molar-refractivity contribution is 7.09. The van der Waals surface area contributed by atoms with E-state index >= 15 is 0 Å². The van der Waals surface area contributed by atoms with E-state index < -0.39 is 0 Å². The van der Waals surface area contributed by atoms with Gasteiger partial charge >= 0.3 is 0 Å². The molecule has 1 aliphatic heterocycles. The molecule has 20 heavy (non-hydrogen) atoms. The first-order chi connectivity index (χ1) is 9.74. The quantitative estimate of drug-likeness (QED) is 0.906. The van der Waals surface area contributed by atoms with Gasteiger partial charge in [-0.2, -0.15) is 0 Å². The van der Waals surface area contributed by atoms with Crippen molar-refractivity contribution in [2.45, 2.75) is 19.0 Å². The molecule has 6 nitrogen and oxygen atoms in total. The van der Waals surface area contributed by atoms with Crippen LogP contribution in [0.4, 0.5) is 0 Å². The highest BCUT2D eigenvalue weighted by atomic mass is 32.1. The maximum atomic E-state index is 12.3. The molecule has 1 aliphatic rings. The van der Waals surface area contributed by atoms with Crippen LogP contribution >= 0.6 is 11.3 Å². The number of nitrogens with zero attached hydrogens (tertiary/aromatic N) is 4. The lowest BCUT2D eigenvalue weighted by atomic mass is 10.2. The van der Waals surface area contributed by atoms with E-state index in [1.54, 1.807) is 27.1 Å². The third-order valence-electron chi connectivity index (χ3n) is 3.56. The maximum absolute atomic E-state index is 12.3. The molecule has 2 aromatic heterocycles. The predicted octanol–water partition coefficient (Wildman–Crippen LogP) is 0.822. The molecular weight excluding hydrogens is 274 g/mol. The second-order valence-corrected chi connectivity index (χ2v) is 5.98. The van der Waals surface area contributed by atoms with Crippen molar-refractivity contribution in [1.29, 1.82) is 0 Å². The van der Waals surface area contributed by atoms with Crippen molar-refractivity contribution in [3.8, 4) is 0 Å². The van der Waals surface area contributed by atoms with Gasteiger partial charge in [0, 0.05) is 24.5 Å². The SMILES string of the molecule is CN(C(=O)c1cn(Cc2cccs2)nn1)C1CCNC1. The van der Waals surface area contributed by atoms with Crippen LogP contribution in [-0.2, 0) is 6.54 Å². The molecule has 3 rings (SSSR count). The number of likely N-dealkylation sites (N-methyl/N-ethyl adjacent to an activating group) is 1. The Morgan fingerprint density at radius 1 is 1.65 bits per heavy atom. The molecule has 0 spiro atoms. The summed E-state index contributed by atoms with van der Waals surface area (Å²) in [5.41, 5.74) is 0.413. The maximum Gasteiger partial charge on any atom is 0.276 e. The highest BCUT2D eigenvalue weighted by Gasteiger charge is 2.25. The molecule has 7 heteroatoms. The molecular formula is C13H17N5OS. The van der Waals surface area contributed by atoms with Crippen molar-refractivity contribution in [3.63, 3.8) is 0 Å². The first kappa shape index (κ1) is 13.3. The van der Waals surface area contributed by atoms with Gasteiger partial charge in [-0.25, -0.2) is 4.68 Å². The number of hydrogen-bond donors (Lipinski definition) is 1. The summed E-state index contributed by atoms with van der Waals surface area (Å²) in [4.78, 5) is 15.3. The summed E-state index contributed by atoms with van der Waals surface area (Å²) in [6.45, 7) is 2.48. The first-order valence-corrected chi connectivity index (χ1v) is 7.52. The van der Waals surface area contributed by atoms with E-state index in [0.717, 1.165) is 19.5 Å². The molecule has 0 aliphatic carbocycles. The number of thiophene rings is 1. The molecule has 1 unspecified atom stereocenters. The summed E-state index contributed by atoms with van der Waals surface area (Å²) in [6, 6.07) is 4.30. The van der Waals surface area contributed by atoms with Gasteiger partial charge in [0.05, 0.1) is 12.7 Å². The second-order valence-electron chi connectivity index (χ2n) is 4.94. The van der Waals surface area contributed by atoms with Crippen molar-refractivity contribution in [2.24, 2.45) is 0 Å². The number of nitrogens with one attached hydrogen (secondary N) is 1. The summed E-state index contributed by atoms with van der Waals surface area (Å²) in [6.07, 6.45) is 2.71. The van der Waals surface area contributed by atoms with Crippen LogP contribution in [0.1, 0.15) is 21.8 Å². The Bertz CT molecular complexity index is 573. The third kappa shape index (κ3) is 2.73. The zero-order chi connectivity index (χ0) is 13.9. The molecule has 0 radical (unpaired) electrons. The minimum Gasteiger partial charge on any atom is -0.336 e. The Labute approximate surface area is 121 Å². The van der Waals surface area contributed by atoms with Crippen molar-refractivity contribution in [3.05, 3.63) is 34.3 Å². The van der Waals surface area contributed by atoms with Crippen LogP contribution in [0.3, 0.4) is 0 Å². The van der Waals surface area contributed by atoms with Gasteiger partial charge in [-0.05, 0) is 24.4 Å². The molecule has 106 valence electrons. The van der Waals surface area contributed by atoms with Crippen LogP contribution in [0.2, 0.25) is 0 Å². The average Bonchev–Trinajstić information content (AvgIpc) is 3.19. The smallest absolute Gasteiger partial charge is 0.276 e. The van der Waals surface area contributed by atoms with Gasteiger partial charge in [0.25, 0.3) is 5.91 Å². The molecule has 2 aromatic rings.